The van der Waals surface area contributed by atoms with Crippen molar-refractivity contribution in [3.05, 3.63) is 35.4 Å². The van der Waals surface area contributed by atoms with Crippen molar-refractivity contribution in [1.82, 2.24) is 0 Å². The molecule has 1 unspecified atom stereocenters. The molecule has 0 radical (unpaired) electrons. The third-order valence-corrected chi connectivity index (χ3v) is 3.86. The largest absolute Gasteiger partial charge is 0.388 e. The Balaban J connectivity index is 2.39. The molecule has 1 aliphatic carbocycles. The minimum atomic E-state index is -1.16. The highest BCUT2D eigenvalue weighted by molar-refractivity contribution is 5.24. The van der Waals surface area contributed by atoms with Gasteiger partial charge in [0, 0.05) is 12.0 Å². The molecule has 0 bridgehead atoms. The lowest BCUT2D eigenvalue weighted by molar-refractivity contribution is 0.0277. The van der Waals surface area contributed by atoms with Crippen LogP contribution in [0.2, 0.25) is 0 Å². The van der Waals surface area contributed by atoms with Crippen LogP contribution in [0.4, 0.5) is 8.78 Å². The molecule has 4 heteroatoms. The summed E-state index contributed by atoms with van der Waals surface area (Å²) in [7, 11) is 0. The van der Waals surface area contributed by atoms with Gasteiger partial charge < -0.3 is 10.8 Å². The van der Waals surface area contributed by atoms with Gasteiger partial charge in [0.15, 0.2) is 0 Å². The van der Waals surface area contributed by atoms with Gasteiger partial charge in [0.25, 0.3) is 0 Å². The zero-order chi connectivity index (χ0) is 12.5. The highest BCUT2D eigenvalue weighted by Crippen LogP contribution is 2.47. The van der Waals surface area contributed by atoms with E-state index in [4.69, 9.17) is 5.73 Å². The summed E-state index contributed by atoms with van der Waals surface area (Å²) in [6, 6.07) is 3.63. The van der Waals surface area contributed by atoms with Gasteiger partial charge in [-0.25, -0.2) is 8.78 Å². The normalized spacial score (nSPS) is 20.5. The molecule has 2 nitrogen and oxygen atoms in total. The molecule has 3 N–H and O–H groups in total. The molecule has 94 valence electrons. The molecule has 0 aliphatic heterocycles. The van der Waals surface area contributed by atoms with Crippen LogP contribution in [0.25, 0.3) is 0 Å². The fourth-order valence-electron chi connectivity index (χ4n) is 2.75. The molecule has 1 fully saturated rings. The molecular formula is C13H17F2NO. The van der Waals surface area contributed by atoms with Crippen molar-refractivity contribution in [1.29, 1.82) is 0 Å². The summed E-state index contributed by atoms with van der Waals surface area (Å²) in [5, 5.41) is 10.3. The smallest absolute Gasteiger partial charge is 0.131 e. The summed E-state index contributed by atoms with van der Waals surface area (Å²) >= 11 is 0. The molecule has 0 saturated heterocycles. The molecule has 0 spiro atoms. The number of rotatable bonds is 3. The first kappa shape index (κ1) is 12.5. The van der Waals surface area contributed by atoms with E-state index < -0.39 is 23.2 Å². The Morgan fingerprint density at radius 3 is 2.24 bits per heavy atom. The molecule has 1 aromatic carbocycles. The Bertz CT molecular complexity index is 382. The Hall–Kier alpha value is -1.00. The van der Waals surface area contributed by atoms with Crippen LogP contribution in [-0.4, -0.2) is 11.7 Å². The first-order valence-electron chi connectivity index (χ1n) is 5.93. The molecule has 0 heterocycles. The minimum Gasteiger partial charge on any atom is -0.388 e. The molecule has 0 amide bonds. The van der Waals surface area contributed by atoms with E-state index in [1.165, 1.54) is 18.2 Å². The summed E-state index contributed by atoms with van der Waals surface area (Å²) < 4.78 is 27.2. The van der Waals surface area contributed by atoms with Crippen LogP contribution in [-0.2, 0) is 0 Å². The molecule has 2 rings (SSSR count). The van der Waals surface area contributed by atoms with E-state index >= 15 is 0 Å². The van der Waals surface area contributed by atoms with E-state index in [1.807, 2.05) is 0 Å². The van der Waals surface area contributed by atoms with Gasteiger partial charge in [-0.15, -0.1) is 0 Å². The fraction of sp³-hybridized carbons (Fsp3) is 0.538. The summed E-state index contributed by atoms with van der Waals surface area (Å²) in [5.74, 6) is -1.39. The first-order chi connectivity index (χ1) is 8.10. The van der Waals surface area contributed by atoms with Crippen LogP contribution in [0.5, 0.6) is 0 Å². The minimum absolute atomic E-state index is 0.236. The summed E-state index contributed by atoms with van der Waals surface area (Å²) in [6.45, 7) is 0.252. The van der Waals surface area contributed by atoms with Gasteiger partial charge in [0.05, 0.1) is 11.7 Å². The van der Waals surface area contributed by atoms with Crippen molar-refractivity contribution in [2.45, 2.75) is 31.8 Å². The van der Waals surface area contributed by atoms with E-state index in [9.17, 15) is 13.9 Å². The molecule has 1 aliphatic rings. The monoisotopic (exact) mass is 241 g/mol. The topological polar surface area (TPSA) is 46.2 Å². The zero-order valence-electron chi connectivity index (χ0n) is 9.63. The van der Waals surface area contributed by atoms with Gasteiger partial charge in [-0.2, -0.15) is 0 Å². The second kappa shape index (κ2) is 4.70. The van der Waals surface area contributed by atoms with E-state index in [0.29, 0.717) is 0 Å². The summed E-state index contributed by atoms with van der Waals surface area (Å²) in [6.07, 6.45) is 2.18. The van der Waals surface area contributed by atoms with Crippen molar-refractivity contribution < 1.29 is 13.9 Å². The van der Waals surface area contributed by atoms with Gasteiger partial charge in [0.2, 0.25) is 0 Å². The number of aliphatic hydroxyl groups excluding tert-OH is 1. The number of nitrogens with two attached hydrogens (primary N) is 1. The Kier molecular flexibility index (Phi) is 3.45. The first-order valence-corrected chi connectivity index (χ1v) is 5.93. The maximum Gasteiger partial charge on any atom is 0.131 e. The summed E-state index contributed by atoms with van der Waals surface area (Å²) in [4.78, 5) is 0. The predicted octanol–water partition coefficient (Wildman–Crippen LogP) is 2.52. The number of hydrogen-bond acceptors (Lipinski definition) is 2. The van der Waals surface area contributed by atoms with E-state index in [0.717, 1.165) is 25.7 Å². The Labute approximate surface area is 99.4 Å². The number of aliphatic hydroxyl groups is 1. The van der Waals surface area contributed by atoms with E-state index in [-0.39, 0.29) is 12.1 Å². The predicted molar refractivity (Wildman–Crippen MR) is 61.3 cm³/mol. The van der Waals surface area contributed by atoms with Crippen LogP contribution < -0.4 is 5.73 Å². The lowest BCUT2D eigenvalue weighted by Crippen LogP contribution is -2.35. The lowest BCUT2D eigenvalue weighted by atomic mass is 9.77. The second-order valence-electron chi connectivity index (χ2n) is 4.81. The average molecular weight is 241 g/mol. The van der Waals surface area contributed by atoms with Crippen molar-refractivity contribution in [3.63, 3.8) is 0 Å². The van der Waals surface area contributed by atoms with E-state index in [1.54, 1.807) is 0 Å². The SMILES string of the molecule is NCC1(C(O)c2c(F)cccc2F)CCCC1. The maximum absolute atomic E-state index is 13.6. The Morgan fingerprint density at radius 1 is 1.24 bits per heavy atom. The van der Waals surface area contributed by atoms with Gasteiger partial charge >= 0.3 is 0 Å². The van der Waals surface area contributed by atoms with Crippen molar-refractivity contribution in [2.75, 3.05) is 6.54 Å². The van der Waals surface area contributed by atoms with E-state index in [2.05, 4.69) is 0 Å². The van der Waals surface area contributed by atoms with Crippen LogP contribution in [0.1, 0.15) is 37.4 Å². The van der Waals surface area contributed by atoms with Gasteiger partial charge in [-0.3, -0.25) is 0 Å². The van der Waals surface area contributed by atoms with Crippen molar-refractivity contribution in [3.8, 4) is 0 Å². The third-order valence-electron chi connectivity index (χ3n) is 3.86. The van der Waals surface area contributed by atoms with Crippen LogP contribution in [0.3, 0.4) is 0 Å². The fourth-order valence-corrected chi connectivity index (χ4v) is 2.75. The maximum atomic E-state index is 13.6. The highest BCUT2D eigenvalue weighted by Gasteiger charge is 2.42. The van der Waals surface area contributed by atoms with Gasteiger partial charge in [-0.1, -0.05) is 18.9 Å². The molecule has 1 atom stereocenters. The van der Waals surface area contributed by atoms with Gasteiger partial charge in [-0.05, 0) is 25.0 Å². The number of hydrogen-bond donors (Lipinski definition) is 2. The molecule has 17 heavy (non-hydrogen) atoms. The molecule has 0 aromatic heterocycles. The number of benzene rings is 1. The van der Waals surface area contributed by atoms with Crippen LogP contribution in [0.15, 0.2) is 18.2 Å². The van der Waals surface area contributed by atoms with Crippen molar-refractivity contribution in [2.24, 2.45) is 11.1 Å². The number of halogens is 2. The van der Waals surface area contributed by atoms with Crippen molar-refractivity contribution >= 4 is 0 Å². The Morgan fingerprint density at radius 2 is 1.76 bits per heavy atom. The lowest BCUT2D eigenvalue weighted by Gasteiger charge is -2.33. The summed E-state index contributed by atoms with van der Waals surface area (Å²) in [5.41, 5.74) is 4.90. The second-order valence-corrected chi connectivity index (χ2v) is 4.81. The average Bonchev–Trinajstić information content (AvgIpc) is 2.78. The zero-order valence-corrected chi connectivity index (χ0v) is 9.63. The quantitative estimate of drug-likeness (QED) is 0.854. The van der Waals surface area contributed by atoms with Crippen LogP contribution >= 0.6 is 0 Å². The highest BCUT2D eigenvalue weighted by atomic mass is 19.1. The third kappa shape index (κ3) is 2.07. The molecular weight excluding hydrogens is 224 g/mol. The van der Waals surface area contributed by atoms with Gasteiger partial charge in [0.1, 0.15) is 11.6 Å². The molecule has 1 saturated carbocycles. The van der Waals surface area contributed by atoms with Crippen LogP contribution in [0, 0.1) is 17.0 Å². The standard InChI is InChI=1S/C13H17F2NO/c14-9-4-3-5-10(15)11(9)12(17)13(8-16)6-1-2-7-13/h3-5,12,17H,1-2,6-8,16H2. The molecule has 1 aromatic rings.